The van der Waals surface area contributed by atoms with E-state index < -0.39 is 80.5 Å². The molecule has 92 heavy (non-hydrogen) atoms. The zero-order chi connectivity index (χ0) is 66.4. The highest BCUT2D eigenvalue weighted by Crippen LogP contribution is 2.46. The third-order valence-corrected chi connectivity index (χ3v) is 24.4. The van der Waals surface area contributed by atoms with Gasteiger partial charge in [0.25, 0.3) is 0 Å². The number of aliphatic hydroxyl groups is 1. The SMILES string of the molecule is CCC1O[C@H](OCC2O[C@H](OCC3O[C@@H](O[C@@H]4C(CC)O[C@@H](O[C@@H]5C(CC)O[C@@H](OCc6ccccc6)C(C)[C@H]5C)C(C)[C@H]4C)C(OCc4ccccc4)[C@@H](O[C@H]4O[C@@H](CC)[C@@H](C)C(C)C4C)[C@@H]3O)C(C)[C@@H](O[C@H]3O[C@@H](CC)[C@@H](C)C(C)C3C)[C@@H]2C)C(C)[C@@H](C)[C@@H]1C. The molecule has 9 rings (SSSR count). The Kier molecular flexibility index (Phi) is 27.0. The van der Waals surface area contributed by atoms with Crippen molar-refractivity contribution in [1.82, 2.24) is 0 Å². The Hall–Kier alpha value is -2.20. The minimum absolute atomic E-state index is 0.00770. The van der Waals surface area contributed by atoms with Crippen LogP contribution >= 0.6 is 0 Å². The first kappa shape index (κ1) is 74.0. The van der Waals surface area contributed by atoms with Gasteiger partial charge in [0.2, 0.25) is 0 Å². The van der Waals surface area contributed by atoms with Crippen LogP contribution in [-0.2, 0) is 84.3 Å². The van der Waals surface area contributed by atoms with Crippen LogP contribution in [0.4, 0.5) is 0 Å². The standard InChI is InChI=1S/C76H124O16/c1-21-57-43(9)40(6)48(14)70(82-57)80-38-62-53(19)65(89-73-49(15)41(7)44(10)58(22-2)83-73)54(20)72(87-62)81-39-63-64(77)68(92-74-50(16)42(8)45(11)59(23-3)84-74)69(78-36-55-32-28-26-29-33-55)76(88-63)91-67-47(13)52(18)75(86-61(67)25-5)90-66-46(12)51(17)71(85-60(66)24-4)79-37-56-34-30-27-31-35-56/h26-35,40-54,57-77H,21-25,36-39H2,1-20H3/t40-,41?,42?,43-,44-,45-,46+,47+,48?,49?,50?,51?,52?,53+,54?,57?,58-,59-,60?,61?,62?,63?,64+,65-,66-,67-,68-,69?,70-,71+,72-,73+,74+,75-,76-/m0/s1. The number of hydrogen-bond acceptors (Lipinski definition) is 16. The molecule has 7 aliphatic rings. The maximum atomic E-state index is 13.2. The highest BCUT2D eigenvalue weighted by molar-refractivity contribution is 5.14. The summed E-state index contributed by atoms with van der Waals surface area (Å²) in [4.78, 5) is 0. The van der Waals surface area contributed by atoms with Gasteiger partial charge in [-0.05, 0) is 90.6 Å². The largest absolute Gasteiger partial charge is 0.387 e. The molecule has 2 aromatic carbocycles. The summed E-state index contributed by atoms with van der Waals surface area (Å²) in [6, 6.07) is 20.3. The van der Waals surface area contributed by atoms with Crippen molar-refractivity contribution in [1.29, 1.82) is 0 Å². The van der Waals surface area contributed by atoms with E-state index in [0.29, 0.717) is 42.6 Å². The highest BCUT2D eigenvalue weighted by atomic mass is 16.8. The summed E-state index contributed by atoms with van der Waals surface area (Å²) in [7, 11) is 0. The summed E-state index contributed by atoms with van der Waals surface area (Å²) in [6.07, 6.45) is -6.29. The molecule has 0 aromatic heterocycles. The molecule has 0 saturated carbocycles. The summed E-state index contributed by atoms with van der Waals surface area (Å²) in [6.45, 7) is 45.3. The molecule has 14 unspecified atom stereocenters. The van der Waals surface area contributed by atoms with Crippen molar-refractivity contribution in [3.8, 4) is 0 Å². The average Bonchev–Trinajstić information content (AvgIpc) is 0.798. The Bertz CT molecular complexity index is 2450. The summed E-state index contributed by atoms with van der Waals surface area (Å²) in [5.41, 5.74) is 2.07. The minimum atomic E-state index is -1.26. The van der Waals surface area contributed by atoms with Crippen molar-refractivity contribution in [3.63, 3.8) is 0 Å². The van der Waals surface area contributed by atoms with Crippen LogP contribution in [-0.4, -0.2) is 142 Å². The fourth-order valence-electron chi connectivity index (χ4n) is 16.2. The van der Waals surface area contributed by atoms with Crippen LogP contribution in [0.15, 0.2) is 60.7 Å². The van der Waals surface area contributed by atoms with E-state index in [0.717, 1.165) is 36.8 Å². The summed E-state index contributed by atoms with van der Waals surface area (Å²) >= 11 is 0. The number of hydrogen-bond donors (Lipinski definition) is 1. The zero-order valence-corrected chi connectivity index (χ0v) is 59.9. The number of aliphatic hydroxyl groups excluding tert-OH is 1. The Morgan fingerprint density at radius 3 is 1.08 bits per heavy atom. The normalized spacial score (nSPS) is 47.1. The first-order valence-electron chi connectivity index (χ1n) is 36.5. The molecule has 16 nitrogen and oxygen atoms in total. The van der Waals surface area contributed by atoms with Crippen LogP contribution in [0.2, 0.25) is 0 Å². The zero-order valence-electron chi connectivity index (χ0n) is 59.9. The molecule has 0 spiro atoms. The van der Waals surface area contributed by atoms with E-state index in [2.05, 4.69) is 151 Å². The summed E-state index contributed by atoms with van der Waals surface area (Å²) in [5.74, 6) is 2.12. The second kappa shape index (κ2) is 33.6. The Morgan fingerprint density at radius 2 is 0.598 bits per heavy atom. The molecule has 0 bridgehead atoms. The third-order valence-electron chi connectivity index (χ3n) is 24.4. The van der Waals surface area contributed by atoms with Crippen LogP contribution in [0.3, 0.4) is 0 Å². The molecule has 16 heteroatoms. The van der Waals surface area contributed by atoms with Crippen molar-refractivity contribution in [2.24, 2.45) is 88.8 Å². The van der Waals surface area contributed by atoms with E-state index in [-0.39, 0.29) is 122 Å². The lowest BCUT2D eigenvalue weighted by Gasteiger charge is -2.52. The predicted molar refractivity (Wildman–Crippen MR) is 353 cm³/mol. The van der Waals surface area contributed by atoms with E-state index in [9.17, 15) is 5.11 Å². The molecule has 7 saturated heterocycles. The van der Waals surface area contributed by atoms with Crippen LogP contribution in [0, 0.1) is 88.8 Å². The van der Waals surface area contributed by atoms with Crippen LogP contribution in [0.25, 0.3) is 0 Å². The van der Waals surface area contributed by atoms with E-state index in [4.69, 9.17) is 71.1 Å². The van der Waals surface area contributed by atoms with Crippen molar-refractivity contribution in [3.05, 3.63) is 71.8 Å². The maximum absolute atomic E-state index is 13.2. The molecule has 1 N–H and O–H groups in total. The minimum Gasteiger partial charge on any atom is -0.387 e. The average molecular weight is 1290 g/mol. The van der Waals surface area contributed by atoms with Crippen molar-refractivity contribution in [2.75, 3.05) is 13.2 Å². The summed E-state index contributed by atoms with van der Waals surface area (Å²) in [5, 5.41) is 13.2. The monoisotopic (exact) mass is 1290 g/mol. The van der Waals surface area contributed by atoms with Gasteiger partial charge in [-0.2, -0.15) is 0 Å². The van der Waals surface area contributed by atoms with Gasteiger partial charge in [-0.15, -0.1) is 0 Å². The molecular formula is C76H124O16. The fraction of sp³-hybridized carbons (Fsp3) is 0.842. The molecule has 0 amide bonds. The Balaban J connectivity index is 0.996. The smallest absolute Gasteiger partial charge is 0.187 e. The first-order chi connectivity index (χ1) is 44.0. The first-order valence-corrected chi connectivity index (χ1v) is 36.5. The molecular weight excluding hydrogens is 1170 g/mol. The van der Waals surface area contributed by atoms with Crippen molar-refractivity contribution >= 4 is 0 Å². The molecule has 7 fully saturated rings. The lowest BCUT2D eigenvalue weighted by molar-refractivity contribution is -0.382. The van der Waals surface area contributed by atoms with Gasteiger partial charge in [-0.1, -0.05) is 199 Å². The molecule has 524 valence electrons. The molecule has 35 atom stereocenters. The van der Waals surface area contributed by atoms with Gasteiger partial charge in [-0.25, -0.2) is 0 Å². The van der Waals surface area contributed by atoms with Crippen molar-refractivity contribution < 1.29 is 76.2 Å². The van der Waals surface area contributed by atoms with Crippen molar-refractivity contribution in [2.45, 2.75) is 307 Å². The number of benzene rings is 2. The van der Waals surface area contributed by atoms with Gasteiger partial charge in [-0.3, -0.25) is 0 Å². The predicted octanol–water partition coefficient (Wildman–Crippen LogP) is 14.4. The lowest BCUT2D eigenvalue weighted by atomic mass is 9.78. The molecule has 2 aromatic rings. The Morgan fingerprint density at radius 1 is 0.272 bits per heavy atom. The number of rotatable bonds is 25. The van der Waals surface area contributed by atoms with Gasteiger partial charge in [0.05, 0.1) is 81.4 Å². The second-order valence-corrected chi connectivity index (χ2v) is 29.8. The Labute approximate surface area is 554 Å². The van der Waals surface area contributed by atoms with Gasteiger partial charge in [0, 0.05) is 41.4 Å². The topological polar surface area (TPSA) is 159 Å². The lowest BCUT2D eigenvalue weighted by Crippen LogP contribution is -2.65. The maximum Gasteiger partial charge on any atom is 0.187 e. The van der Waals surface area contributed by atoms with E-state index in [1.54, 1.807) is 0 Å². The highest BCUT2D eigenvalue weighted by Gasteiger charge is 2.56. The van der Waals surface area contributed by atoms with E-state index >= 15 is 0 Å². The summed E-state index contributed by atoms with van der Waals surface area (Å²) < 4.78 is 105. The molecule has 0 aliphatic carbocycles. The van der Waals surface area contributed by atoms with Crippen LogP contribution in [0.5, 0.6) is 0 Å². The van der Waals surface area contributed by atoms with Gasteiger partial charge in [0.15, 0.2) is 44.0 Å². The van der Waals surface area contributed by atoms with E-state index in [1.165, 1.54) is 0 Å². The van der Waals surface area contributed by atoms with Gasteiger partial charge >= 0.3 is 0 Å². The molecule has 7 aliphatic heterocycles. The van der Waals surface area contributed by atoms with Crippen LogP contribution < -0.4 is 0 Å². The molecule has 0 radical (unpaired) electrons. The third kappa shape index (κ3) is 16.6. The fourth-order valence-corrected chi connectivity index (χ4v) is 16.2. The number of ether oxygens (including phenoxy) is 15. The quantitative estimate of drug-likeness (QED) is 0.1000. The van der Waals surface area contributed by atoms with E-state index in [1.807, 2.05) is 48.5 Å². The van der Waals surface area contributed by atoms with Gasteiger partial charge in [0.1, 0.15) is 24.4 Å². The van der Waals surface area contributed by atoms with Crippen LogP contribution in [0.1, 0.15) is 182 Å². The molecule has 7 heterocycles. The van der Waals surface area contributed by atoms with Gasteiger partial charge < -0.3 is 76.2 Å². The second-order valence-electron chi connectivity index (χ2n) is 29.8.